The van der Waals surface area contributed by atoms with Gasteiger partial charge in [0, 0.05) is 11.8 Å². The molecule has 12 heavy (non-hydrogen) atoms. The summed E-state index contributed by atoms with van der Waals surface area (Å²) in [4.78, 5) is 6.24. The van der Waals surface area contributed by atoms with Gasteiger partial charge in [-0.15, -0.1) is 0 Å². The standard InChI is InChI=1S/C6H6F3N3/c1-3-2-4(10)12-5(11-3)6(7,8)9/h2H,1H3,(H2,10,11,12). The quantitative estimate of drug-likeness (QED) is 0.651. The zero-order valence-corrected chi connectivity index (χ0v) is 6.18. The SMILES string of the molecule is Cc1cc(N)nc(C(F)(F)F)n1. The number of alkyl halides is 3. The van der Waals surface area contributed by atoms with Gasteiger partial charge in [0.25, 0.3) is 0 Å². The van der Waals surface area contributed by atoms with E-state index in [2.05, 4.69) is 9.97 Å². The Labute approximate surface area is 66.4 Å². The van der Waals surface area contributed by atoms with Gasteiger partial charge in [-0.2, -0.15) is 13.2 Å². The van der Waals surface area contributed by atoms with Crippen LogP contribution in [0.2, 0.25) is 0 Å². The average Bonchev–Trinajstić information content (AvgIpc) is 1.82. The van der Waals surface area contributed by atoms with Crippen LogP contribution in [0.3, 0.4) is 0 Å². The number of halogens is 3. The van der Waals surface area contributed by atoms with Crippen molar-refractivity contribution in [1.29, 1.82) is 0 Å². The lowest BCUT2D eigenvalue weighted by Crippen LogP contribution is -2.12. The molecule has 0 saturated heterocycles. The van der Waals surface area contributed by atoms with E-state index >= 15 is 0 Å². The van der Waals surface area contributed by atoms with Crippen LogP contribution in [0, 0.1) is 6.92 Å². The summed E-state index contributed by atoms with van der Waals surface area (Å²) < 4.78 is 35.9. The topological polar surface area (TPSA) is 51.8 Å². The highest BCUT2D eigenvalue weighted by Crippen LogP contribution is 2.26. The number of aryl methyl sites for hydroxylation is 1. The lowest BCUT2D eigenvalue weighted by Gasteiger charge is -2.05. The van der Waals surface area contributed by atoms with E-state index in [1.165, 1.54) is 13.0 Å². The number of hydrogen-bond acceptors (Lipinski definition) is 3. The summed E-state index contributed by atoms with van der Waals surface area (Å²) in [6, 6.07) is 1.27. The number of nitrogens with zero attached hydrogens (tertiary/aromatic N) is 2. The fourth-order valence-corrected chi connectivity index (χ4v) is 0.720. The van der Waals surface area contributed by atoms with Crippen LogP contribution >= 0.6 is 0 Å². The second kappa shape index (κ2) is 2.62. The maximum absolute atomic E-state index is 12.0. The van der Waals surface area contributed by atoms with Gasteiger partial charge in [-0.3, -0.25) is 0 Å². The van der Waals surface area contributed by atoms with Crippen molar-refractivity contribution in [1.82, 2.24) is 9.97 Å². The minimum atomic E-state index is -4.53. The number of nitrogens with two attached hydrogens (primary N) is 1. The molecule has 0 aliphatic heterocycles. The molecule has 1 aromatic rings. The van der Waals surface area contributed by atoms with E-state index in [1.807, 2.05) is 0 Å². The van der Waals surface area contributed by atoms with E-state index in [-0.39, 0.29) is 11.5 Å². The van der Waals surface area contributed by atoms with Crippen molar-refractivity contribution in [2.45, 2.75) is 13.1 Å². The molecule has 0 spiro atoms. The molecule has 66 valence electrons. The summed E-state index contributed by atoms with van der Waals surface area (Å²) >= 11 is 0. The first-order valence-corrected chi connectivity index (χ1v) is 3.08. The maximum Gasteiger partial charge on any atom is 0.451 e. The van der Waals surface area contributed by atoms with Gasteiger partial charge in [0.2, 0.25) is 5.82 Å². The van der Waals surface area contributed by atoms with Crippen LogP contribution in [0.1, 0.15) is 11.5 Å². The van der Waals surface area contributed by atoms with E-state index in [0.717, 1.165) is 0 Å². The third kappa shape index (κ3) is 1.84. The van der Waals surface area contributed by atoms with Gasteiger partial charge in [0.1, 0.15) is 5.82 Å². The lowest BCUT2D eigenvalue weighted by atomic mass is 10.4. The summed E-state index contributed by atoms with van der Waals surface area (Å²) in [5.74, 6) is -1.37. The summed E-state index contributed by atoms with van der Waals surface area (Å²) in [7, 11) is 0. The smallest absolute Gasteiger partial charge is 0.384 e. The molecule has 3 nitrogen and oxygen atoms in total. The monoisotopic (exact) mass is 177 g/mol. The fourth-order valence-electron chi connectivity index (χ4n) is 0.720. The molecule has 0 aliphatic carbocycles. The number of aromatic nitrogens is 2. The number of rotatable bonds is 0. The molecule has 0 amide bonds. The molecular weight excluding hydrogens is 171 g/mol. The molecule has 0 bridgehead atoms. The zero-order chi connectivity index (χ0) is 9.35. The highest BCUT2D eigenvalue weighted by Gasteiger charge is 2.34. The third-order valence-corrected chi connectivity index (χ3v) is 1.13. The summed E-state index contributed by atoms with van der Waals surface area (Å²) in [5.41, 5.74) is 5.31. The van der Waals surface area contributed by atoms with Crippen molar-refractivity contribution >= 4 is 5.82 Å². The molecule has 0 atom stereocenters. The van der Waals surface area contributed by atoms with E-state index < -0.39 is 12.0 Å². The predicted molar refractivity (Wildman–Crippen MR) is 36.2 cm³/mol. The van der Waals surface area contributed by atoms with E-state index in [1.54, 1.807) is 0 Å². The molecule has 0 unspecified atom stereocenters. The lowest BCUT2D eigenvalue weighted by molar-refractivity contribution is -0.145. The Hall–Kier alpha value is -1.33. The molecule has 2 N–H and O–H groups in total. The fraction of sp³-hybridized carbons (Fsp3) is 0.333. The molecule has 6 heteroatoms. The van der Waals surface area contributed by atoms with Crippen molar-refractivity contribution in [3.05, 3.63) is 17.6 Å². The Balaban J connectivity index is 3.18. The first kappa shape index (κ1) is 8.76. The molecule has 0 radical (unpaired) electrons. The van der Waals surface area contributed by atoms with Crippen molar-refractivity contribution in [2.75, 3.05) is 5.73 Å². The number of nitrogen functional groups attached to an aromatic ring is 1. The minimum absolute atomic E-state index is 0.171. The van der Waals surface area contributed by atoms with Gasteiger partial charge in [0.15, 0.2) is 0 Å². The van der Waals surface area contributed by atoms with Crippen molar-refractivity contribution < 1.29 is 13.2 Å². The van der Waals surface area contributed by atoms with Crippen molar-refractivity contribution in [2.24, 2.45) is 0 Å². The molecule has 1 heterocycles. The molecule has 0 saturated carbocycles. The highest BCUT2D eigenvalue weighted by atomic mass is 19.4. The minimum Gasteiger partial charge on any atom is -0.384 e. The van der Waals surface area contributed by atoms with Crippen LogP contribution in [0.4, 0.5) is 19.0 Å². The molecule has 1 rings (SSSR count). The Morgan fingerprint density at radius 2 is 1.92 bits per heavy atom. The number of anilines is 1. The third-order valence-electron chi connectivity index (χ3n) is 1.13. The predicted octanol–water partition coefficient (Wildman–Crippen LogP) is 1.39. The van der Waals surface area contributed by atoms with Gasteiger partial charge in [0.05, 0.1) is 0 Å². The molecule has 0 aliphatic rings. The molecule has 0 fully saturated rings. The van der Waals surface area contributed by atoms with Gasteiger partial charge in [-0.05, 0) is 6.92 Å². The molecular formula is C6H6F3N3. The van der Waals surface area contributed by atoms with Crippen LogP contribution in [0.5, 0.6) is 0 Å². The highest BCUT2D eigenvalue weighted by molar-refractivity contribution is 5.29. The Kier molecular flexibility index (Phi) is 1.91. The van der Waals surface area contributed by atoms with E-state index in [9.17, 15) is 13.2 Å². The maximum atomic E-state index is 12.0. The molecule has 0 aromatic carbocycles. The summed E-state index contributed by atoms with van der Waals surface area (Å²) in [6.07, 6.45) is -4.53. The Morgan fingerprint density at radius 1 is 1.33 bits per heavy atom. The first-order valence-electron chi connectivity index (χ1n) is 3.08. The van der Waals surface area contributed by atoms with E-state index in [0.29, 0.717) is 0 Å². The van der Waals surface area contributed by atoms with Crippen LogP contribution in [-0.4, -0.2) is 9.97 Å². The normalized spacial score (nSPS) is 11.7. The van der Waals surface area contributed by atoms with Gasteiger partial charge < -0.3 is 5.73 Å². The van der Waals surface area contributed by atoms with Gasteiger partial charge >= 0.3 is 6.18 Å². The van der Waals surface area contributed by atoms with Crippen LogP contribution in [0.25, 0.3) is 0 Å². The second-order valence-electron chi connectivity index (χ2n) is 2.26. The average molecular weight is 177 g/mol. The van der Waals surface area contributed by atoms with Crippen LogP contribution in [0.15, 0.2) is 6.07 Å². The number of hydrogen-bond donors (Lipinski definition) is 1. The van der Waals surface area contributed by atoms with E-state index in [4.69, 9.17) is 5.73 Å². The second-order valence-corrected chi connectivity index (χ2v) is 2.26. The van der Waals surface area contributed by atoms with Crippen molar-refractivity contribution in [3.63, 3.8) is 0 Å². The van der Waals surface area contributed by atoms with Gasteiger partial charge in [-0.1, -0.05) is 0 Å². The van der Waals surface area contributed by atoms with Crippen LogP contribution in [-0.2, 0) is 6.18 Å². The zero-order valence-electron chi connectivity index (χ0n) is 6.18. The van der Waals surface area contributed by atoms with Gasteiger partial charge in [-0.25, -0.2) is 9.97 Å². The first-order chi connectivity index (χ1) is 5.39. The summed E-state index contributed by atoms with van der Waals surface area (Å²) in [5, 5.41) is 0. The summed E-state index contributed by atoms with van der Waals surface area (Å²) in [6.45, 7) is 1.42. The Morgan fingerprint density at radius 3 is 2.33 bits per heavy atom. The van der Waals surface area contributed by atoms with Crippen LogP contribution < -0.4 is 5.73 Å². The van der Waals surface area contributed by atoms with Crippen molar-refractivity contribution in [3.8, 4) is 0 Å². The molecule has 1 aromatic heterocycles. The largest absolute Gasteiger partial charge is 0.451 e. The Bertz CT molecular complexity index is 274.